The SMILES string of the molecule is Cn1cc(C(=O)N2CCC(N3CCNC3=O)CC2)c2ccccc2c1=O. The molecule has 0 atom stereocenters. The number of amides is 3. The molecule has 0 saturated carbocycles. The van der Waals surface area contributed by atoms with Gasteiger partial charge in [-0.3, -0.25) is 9.59 Å². The highest BCUT2D eigenvalue weighted by atomic mass is 16.2. The molecule has 1 N–H and O–H groups in total. The third-order valence-electron chi connectivity index (χ3n) is 5.40. The predicted octanol–water partition coefficient (Wildman–Crippen LogP) is 1.17. The fourth-order valence-corrected chi connectivity index (χ4v) is 3.97. The topological polar surface area (TPSA) is 74.7 Å². The average molecular weight is 354 g/mol. The van der Waals surface area contributed by atoms with Gasteiger partial charge in [-0.25, -0.2) is 4.79 Å². The first kappa shape index (κ1) is 16.6. The lowest BCUT2D eigenvalue weighted by molar-refractivity contribution is 0.0667. The molecule has 26 heavy (non-hydrogen) atoms. The van der Waals surface area contributed by atoms with Crippen molar-refractivity contribution in [2.24, 2.45) is 7.05 Å². The first-order valence-corrected chi connectivity index (χ1v) is 8.98. The van der Waals surface area contributed by atoms with Crippen molar-refractivity contribution in [3.63, 3.8) is 0 Å². The molecule has 2 aliphatic heterocycles. The van der Waals surface area contributed by atoms with E-state index in [2.05, 4.69) is 5.32 Å². The molecule has 7 heteroatoms. The van der Waals surface area contributed by atoms with Gasteiger partial charge in [0.2, 0.25) is 0 Å². The van der Waals surface area contributed by atoms with Crippen LogP contribution in [0.25, 0.3) is 10.8 Å². The minimum Gasteiger partial charge on any atom is -0.338 e. The number of pyridine rings is 1. The van der Waals surface area contributed by atoms with E-state index in [9.17, 15) is 14.4 Å². The number of aryl methyl sites for hydroxylation is 1. The van der Waals surface area contributed by atoms with E-state index in [-0.39, 0.29) is 23.5 Å². The third-order valence-corrected chi connectivity index (χ3v) is 5.40. The smallest absolute Gasteiger partial charge is 0.317 e. The monoisotopic (exact) mass is 354 g/mol. The van der Waals surface area contributed by atoms with Gasteiger partial charge in [-0.1, -0.05) is 18.2 Å². The molecule has 1 aromatic heterocycles. The number of piperidine rings is 1. The van der Waals surface area contributed by atoms with Crippen molar-refractivity contribution >= 4 is 22.7 Å². The molecule has 7 nitrogen and oxygen atoms in total. The van der Waals surface area contributed by atoms with Crippen LogP contribution in [0.2, 0.25) is 0 Å². The maximum absolute atomic E-state index is 13.1. The Kier molecular flexibility index (Phi) is 4.14. The average Bonchev–Trinajstić information content (AvgIpc) is 3.10. The molecule has 3 amide bonds. The molecule has 2 fully saturated rings. The molecule has 3 heterocycles. The largest absolute Gasteiger partial charge is 0.338 e. The third kappa shape index (κ3) is 2.73. The molecule has 136 valence electrons. The van der Waals surface area contributed by atoms with Crippen LogP contribution in [0.3, 0.4) is 0 Å². The summed E-state index contributed by atoms with van der Waals surface area (Å²) in [4.78, 5) is 40.9. The zero-order valence-corrected chi connectivity index (χ0v) is 14.8. The summed E-state index contributed by atoms with van der Waals surface area (Å²) >= 11 is 0. The molecular weight excluding hydrogens is 332 g/mol. The van der Waals surface area contributed by atoms with Gasteiger partial charge in [0.05, 0.1) is 5.56 Å². The van der Waals surface area contributed by atoms with Gasteiger partial charge in [0.15, 0.2) is 0 Å². The minimum absolute atomic E-state index is 0.00108. The summed E-state index contributed by atoms with van der Waals surface area (Å²) in [7, 11) is 1.67. The van der Waals surface area contributed by atoms with Crippen molar-refractivity contribution in [1.29, 1.82) is 0 Å². The number of carbonyl (C=O) groups is 2. The molecule has 1 aromatic carbocycles. The Hall–Kier alpha value is -2.83. The lowest BCUT2D eigenvalue weighted by Gasteiger charge is -2.36. The summed E-state index contributed by atoms with van der Waals surface area (Å²) in [6.07, 6.45) is 3.19. The van der Waals surface area contributed by atoms with Crippen molar-refractivity contribution in [1.82, 2.24) is 19.7 Å². The lowest BCUT2D eigenvalue weighted by atomic mass is 10.0. The van der Waals surface area contributed by atoms with Crippen molar-refractivity contribution in [2.75, 3.05) is 26.2 Å². The quantitative estimate of drug-likeness (QED) is 0.880. The Morgan fingerprint density at radius 1 is 1.08 bits per heavy atom. The number of rotatable bonds is 2. The van der Waals surface area contributed by atoms with Crippen LogP contribution >= 0.6 is 0 Å². The normalized spacial score (nSPS) is 18.4. The Labute approximate surface area is 151 Å². The van der Waals surface area contributed by atoms with Crippen LogP contribution in [0.5, 0.6) is 0 Å². The number of nitrogens with zero attached hydrogens (tertiary/aromatic N) is 3. The summed E-state index contributed by atoms with van der Waals surface area (Å²) in [5.41, 5.74) is 0.455. The van der Waals surface area contributed by atoms with Gasteiger partial charge in [-0.2, -0.15) is 0 Å². The van der Waals surface area contributed by atoms with Crippen LogP contribution in [0.15, 0.2) is 35.3 Å². The Morgan fingerprint density at radius 2 is 1.77 bits per heavy atom. The van der Waals surface area contributed by atoms with Crippen LogP contribution < -0.4 is 10.9 Å². The van der Waals surface area contributed by atoms with Crippen molar-refractivity contribution in [3.8, 4) is 0 Å². The van der Waals surface area contributed by atoms with Crippen LogP contribution in [0.1, 0.15) is 23.2 Å². The van der Waals surface area contributed by atoms with Crippen LogP contribution in [0.4, 0.5) is 4.79 Å². The standard InChI is InChI=1S/C19H22N4O3/c1-21-12-16(14-4-2-3-5-15(14)17(21)24)18(25)22-9-6-13(7-10-22)23-11-8-20-19(23)26/h2-5,12-13H,6-11H2,1H3,(H,20,26). The molecule has 2 aromatic rings. The number of aromatic nitrogens is 1. The van der Waals surface area contributed by atoms with E-state index < -0.39 is 0 Å². The molecular formula is C19H22N4O3. The maximum Gasteiger partial charge on any atom is 0.317 e. The number of hydrogen-bond acceptors (Lipinski definition) is 3. The second-order valence-electron chi connectivity index (χ2n) is 6.95. The highest BCUT2D eigenvalue weighted by Gasteiger charge is 2.32. The zero-order valence-electron chi connectivity index (χ0n) is 14.8. The number of urea groups is 1. The predicted molar refractivity (Wildman–Crippen MR) is 98.2 cm³/mol. The Balaban J connectivity index is 1.56. The summed E-state index contributed by atoms with van der Waals surface area (Å²) in [6.45, 7) is 2.67. The van der Waals surface area contributed by atoms with E-state index in [1.54, 1.807) is 19.3 Å². The van der Waals surface area contributed by atoms with Crippen molar-refractivity contribution in [2.45, 2.75) is 18.9 Å². The van der Waals surface area contributed by atoms with Crippen molar-refractivity contribution < 1.29 is 9.59 Å². The minimum atomic E-state index is -0.101. The van der Waals surface area contributed by atoms with E-state index >= 15 is 0 Å². The number of hydrogen-bond donors (Lipinski definition) is 1. The fraction of sp³-hybridized carbons (Fsp3) is 0.421. The highest BCUT2D eigenvalue weighted by Crippen LogP contribution is 2.22. The van der Waals surface area contributed by atoms with Gasteiger partial charge in [-0.05, 0) is 18.9 Å². The van der Waals surface area contributed by atoms with Gasteiger partial charge < -0.3 is 19.7 Å². The number of carbonyl (C=O) groups excluding carboxylic acids is 2. The van der Waals surface area contributed by atoms with Crippen LogP contribution in [0, 0.1) is 0 Å². The van der Waals surface area contributed by atoms with Gasteiger partial charge >= 0.3 is 6.03 Å². The Bertz CT molecular complexity index is 928. The first-order valence-electron chi connectivity index (χ1n) is 8.98. The fourth-order valence-electron chi connectivity index (χ4n) is 3.97. The van der Waals surface area contributed by atoms with E-state index in [0.29, 0.717) is 36.0 Å². The summed E-state index contributed by atoms with van der Waals surface area (Å²) in [6, 6.07) is 7.43. The van der Waals surface area contributed by atoms with E-state index in [1.165, 1.54) is 4.57 Å². The molecule has 2 saturated heterocycles. The van der Waals surface area contributed by atoms with E-state index in [1.807, 2.05) is 28.0 Å². The summed E-state index contributed by atoms with van der Waals surface area (Å²) < 4.78 is 1.47. The number of likely N-dealkylation sites (tertiary alicyclic amines) is 1. The van der Waals surface area contributed by atoms with Crippen LogP contribution in [-0.4, -0.2) is 58.5 Å². The second kappa shape index (κ2) is 6.48. The molecule has 0 spiro atoms. The molecule has 0 radical (unpaired) electrons. The number of fused-ring (bicyclic) bond motifs is 1. The molecule has 2 aliphatic rings. The van der Waals surface area contributed by atoms with E-state index in [0.717, 1.165) is 19.4 Å². The number of nitrogens with one attached hydrogen (secondary N) is 1. The van der Waals surface area contributed by atoms with Gasteiger partial charge in [0, 0.05) is 56.2 Å². The van der Waals surface area contributed by atoms with Crippen LogP contribution in [-0.2, 0) is 7.05 Å². The molecule has 0 bridgehead atoms. The molecule has 0 unspecified atom stereocenters. The lowest BCUT2D eigenvalue weighted by Crippen LogP contribution is -2.47. The van der Waals surface area contributed by atoms with Gasteiger partial charge in [-0.15, -0.1) is 0 Å². The van der Waals surface area contributed by atoms with Crippen molar-refractivity contribution in [3.05, 3.63) is 46.4 Å². The zero-order chi connectivity index (χ0) is 18.3. The highest BCUT2D eigenvalue weighted by molar-refractivity contribution is 6.06. The Morgan fingerprint density at radius 3 is 2.42 bits per heavy atom. The molecule has 0 aliphatic carbocycles. The maximum atomic E-state index is 13.1. The second-order valence-corrected chi connectivity index (χ2v) is 6.95. The summed E-state index contributed by atoms with van der Waals surface area (Å²) in [5, 5.41) is 4.09. The summed E-state index contributed by atoms with van der Waals surface area (Å²) in [5.74, 6) is -0.0545. The number of benzene rings is 1. The first-order chi connectivity index (χ1) is 12.6. The molecule has 4 rings (SSSR count). The van der Waals surface area contributed by atoms with Gasteiger partial charge in [0.25, 0.3) is 11.5 Å². The van der Waals surface area contributed by atoms with E-state index in [4.69, 9.17) is 0 Å². The van der Waals surface area contributed by atoms with Gasteiger partial charge in [0.1, 0.15) is 0 Å².